The maximum absolute atomic E-state index is 2.54. The van der Waals surface area contributed by atoms with E-state index >= 15 is 0 Å². The molecule has 1 nitrogen and oxygen atoms in total. The average molecular weight is 698 g/mol. The molecule has 4 heteroatoms. The Morgan fingerprint density at radius 1 is 0.489 bits per heavy atom. The van der Waals surface area contributed by atoms with Crippen molar-refractivity contribution in [3.05, 3.63) is 151 Å². The fraction of sp³-hybridized carbons (Fsp3) is 0.302. The van der Waals surface area contributed by atoms with Crippen LogP contribution in [0.25, 0.3) is 0 Å². The van der Waals surface area contributed by atoms with Crippen LogP contribution in [0.15, 0.2) is 146 Å². The van der Waals surface area contributed by atoms with Crippen LogP contribution in [0.3, 0.4) is 0 Å². The second-order valence-electron chi connectivity index (χ2n) is 13.0. The summed E-state index contributed by atoms with van der Waals surface area (Å²) in [6, 6.07) is 54.8. The molecule has 0 N–H and O–H groups in total. The molecule has 0 spiro atoms. The van der Waals surface area contributed by atoms with Gasteiger partial charge in [-0.1, -0.05) is 178 Å². The summed E-state index contributed by atoms with van der Waals surface area (Å²) in [6.07, 6.45) is 11.4. The standard InChI is InChI=1S/C38H39NP2.C5H10.Fe/c1-39(2)38(36-27-16-28-37(36)41(33-22-11-5-12-23-33)34-24-13-6-14-25-34)30-17-15-26-35(29-30)40(31-18-7-3-8-19-31)32-20-9-4-10-21-32;1-2-4-5-3-1;/h3-15,17-26,29,36-38H,16,27-28H2,1-2H3;1-5H2;/t36?,37?,38-;;/m0../s1. The Bertz CT molecular complexity index is 1510. The molecule has 0 saturated heterocycles. The third kappa shape index (κ3) is 9.12. The molecule has 47 heavy (non-hydrogen) atoms. The van der Waals surface area contributed by atoms with Crippen molar-refractivity contribution in [3.63, 3.8) is 0 Å². The largest absolute Gasteiger partial charge is 0.302 e. The summed E-state index contributed by atoms with van der Waals surface area (Å²) in [6.45, 7) is 0. The molecule has 2 aliphatic rings. The van der Waals surface area contributed by atoms with Crippen LogP contribution in [0.2, 0.25) is 0 Å². The summed E-state index contributed by atoms with van der Waals surface area (Å²) in [4.78, 5) is 2.50. The fourth-order valence-electron chi connectivity index (χ4n) is 7.63. The predicted octanol–water partition coefficient (Wildman–Crippen LogP) is 9.30. The third-order valence-corrected chi connectivity index (χ3v) is 15.1. The van der Waals surface area contributed by atoms with E-state index in [1.165, 1.54) is 83.5 Å². The van der Waals surface area contributed by atoms with Crippen molar-refractivity contribution in [3.8, 4) is 0 Å². The van der Waals surface area contributed by atoms with Gasteiger partial charge in [-0.25, -0.2) is 0 Å². The minimum atomic E-state index is -0.629. The zero-order chi connectivity index (χ0) is 31.6. The first-order valence-electron chi connectivity index (χ1n) is 17.3. The number of hydrogen-bond donors (Lipinski definition) is 0. The third-order valence-electron chi connectivity index (χ3n) is 9.64. The maximum atomic E-state index is 2.54. The van der Waals surface area contributed by atoms with Crippen molar-refractivity contribution in [2.45, 2.75) is 63.1 Å². The minimum Gasteiger partial charge on any atom is -0.302 e. The molecule has 0 aromatic heterocycles. The van der Waals surface area contributed by atoms with Crippen LogP contribution in [0.5, 0.6) is 0 Å². The molecule has 244 valence electrons. The van der Waals surface area contributed by atoms with Gasteiger partial charge in [-0.3, -0.25) is 0 Å². The summed E-state index contributed by atoms with van der Waals surface area (Å²) in [5, 5.41) is 7.26. The van der Waals surface area contributed by atoms with Gasteiger partial charge in [0.15, 0.2) is 0 Å². The molecule has 2 unspecified atom stereocenters. The Morgan fingerprint density at radius 3 is 1.36 bits per heavy atom. The average Bonchev–Trinajstić information content (AvgIpc) is 3.84. The summed E-state index contributed by atoms with van der Waals surface area (Å²) < 4.78 is 0. The van der Waals surface area contributed by atoms with Crippen LogP contribution in [0, 0.1) is 5.92 Å². The normalized spacial score (nSPS) is 18.1. The number of rotatable bonds is 9. The molecule has 0 amide bonds. The van der Waals surface area contributed by atoms with E-state index in [4.69, 9.17) is 0 Å². The second kappa shape index (κ2) is 18.3. The maximum Gasteiger partial charge on any atom is 0.0376 e. The number of nitrogens with zero attached hydrogens (tertiary/aromatic N) is 1. The number of benzene rings is 5. The van der Waals surface area contributed by atoms with Gasteiger partial charge >= 0.3 is 0 Å². The molecule has 2 saturated carbocycles. The number of hydrogen-bond acceptors (Lipinski definition) is 1. The molecule has 0 radical (unpaired) electrons. The fourth-order valence-corrected chi connectivity index (χ4v) is 13.2. The van der Waals surface area contributed by atoms with Crippen molar-refractivity contribution in [2.24, 2.45) is 5.92 Å². The topological polar surface area (TPSA) is 3.24 Å². The first kappa shape index (κ1) is 35.7. The van der Waals surface area contributed by atoms with E-state index in [0.29, 0.717) is 17.6 Å². The van der Waals surface area contributed by atoms with Gasteiger partial charge in [0.1, 0.15) is 0 Å². The van der Waals surface area contributed by atoms with Crippen LogP contribution in [0.1, 0.15) is 63.0 Å². The SMILES string of the molecule is C1CCCC1.CN(C)[C@@H](c1cccc(P(c2ccccc2)c2ccccc2)c1)C1CCCC1P(c1ccccc1)c1ccccc1.[Fe]. The molecule has 7 rings (SSSR count). The van der Waals surface area contributed by atoms with E-state index in [1.807, 2.05) is 0 Å². The van der Waals surface area contributed by atoms with Crippen molar-refractivity contribution in [2.75, 3.05) is 14.1 Å². The monoisotopic (exact) mass is 697 g/mol. The molecular weight excluding hydrogens is 648 g/mol. The summed E-state index contributed by atoms with van der Waals surface area (Å²) >= 11 is 0. The molecule has 0 aliphatic heterocycles. The molecule has 0 heterocycles. The van der Waals surface area contributed by atoms with Gasteiger partial charge in [0, 0.05) is 23.1 Å². The zero-order valence-corrected chi connectivity index (χ0v) is 30.8. The van der Waals surface area contributed by atoms with Crippen LogP contribution in [-0.4, -0.2) is 24.7 Å². The molecular formula is C43H49FeNP2. The second-order valence-corrected chi connectivity index (χ2v) is 17.6. The van der Waals surface area contributed by atoms with Crippen molar-refractivity contribution >= 4 is 42.4 Å². The van der Waals surface area contributed by atoms with Gasteiger partial charge < -0.3 is 4.90 Å². The van der Waals surface area contributed by atoms with Gasteiger partial charge in [-0.2, -0.15) is 0 Å². The van der Waals surface area contributed by atoms with Gasteiger partial charge in [-0.15, -0.1) is 0 Å². The van der Waals surface area contributed by atoms with E-state index in [2.05, 4.69) is 165 Å². The van der Waals surface area contributed by atoms with E-state index < -0.39 is 15.8 Å². The molecule has 0 bridgehead atoms. The molecule has 3 atom stereocenters. The zero-order valence-electron chi connectivity index (χ0n) is 27.9. The van der Waals surface area contributed by atoms with Crippen molar-refractivity contribution < 1.29 is 17.1 Å². The van der Waals surface area contributed by atoms with E-state index in [0.717, 1.165) is 0 Å². The first-order chi connectivity index (χ1) is 22.7. The molecule has 5 aromatic rings. The van der Waals surface area contributed by atoms with Crippen LogP contribution >= 0.6 is 15.8 Å². The van der Waals surface area contributed by atoms with Gasteiger partial charge in [0.05, 0.1) is 0 Å². The van der Waals surface area contributed by atoms with E-state index in [9.17, 15) is 0 Å². The van der Waals surface area contributed by atoms with Crippen molar-refractivity contribution in [1.29, 1.82) is 0 Å². The molecule has 2 fully saturated rings. The van der Waals surface area contributed by atoms with Crippen LogP contribution < -0.4 is 26.5 Å². The summed E-state index contributed by atoms with van der Waals surface area (Å²) in [5.41, 5.74) is 2.11. The Kier molecular flexibility index (Phi) is 13.9. The van der Waals surface area contributed by atoms with Crippen molar-refractivity contribution in [1.82, 2.24) is 4.90 Å². The summed E-state index contributed by atoms with van der Waals surface area (Å²) in [7, 11) is 3.50. The quantitative estimate of drug-likeness (QED) is 0.110. The van der Waals surface area contributed by atoms with Gasteiger partial charge in [0.25, 0.3) is 0 Å². The Morgan fingerprint density at radius 2 is 0.915 bits per heavy atom. The first-order valence-corrected chi connectivity index (χ1v) is 20.0. The Labute approximate surface area is 297 Å². The van der Waals surface area contributed by atoms with Crippen LogP contribution in [-0.2, 0) is 17.1 Å². The predicted molar refractivity (Wildman–Crippen MR) is 205 cm³/mol. The van der Waals surface area contributed by atoms with E-state index in [1.54, 1.807) is 0 Å². The smallest absolute Gasteiger partial charge is 0.0376 e. The molecule has 2 aliphatic carbocycles. The van der Waals surface area contributed by atoms with E-state index in [-0.39, 0.29) is 17.1 Å². The summed E-state index contributed by atoms with van der Waals surface area (Å²) in [5.74, 6) is 0.603. The van der Waals surface area contributed by atoms with Gasteiger partial charge in [-0.05, 0) is 92.5 Å². The molecule has 5 aromatic carbocycles. The van der Waals surface area contributed by atoms with Crippen LogP contribution in [0.4, 0.5) is 0 Å². The Hall–Kier alpha value is -2.56. The minimum absolute atomic E-state index is 0. The Balaban J connectivity index is 0.000000662. The van der Waals surface area contributed by atoms with Gasteiger partial charge in [0.2, 0.25) is 0 Å².